The molecular weight excluding hydrogens is 456 g/mol. The fourth-order valence-electron chi connectivity index (χ4n) is 2.72. The van der Waals surface area contributed by atoms with Crippen LogP contribution in [-0.4, -0.2) is 81.0 Å². The molecule has 5 atom stereocenters. The smallest absolute Gasteiger partial charge is 0.326 e. The van der Waals surface area contributed by atoms with Crippen molar-refractivity contribution < 1.29 is 39.3 Å². The van der Waals surface area contributed by atoms with E-state index >= 15 is 0 Å². The van der Waals surface area contributed by atoms with Crippen molar-refractivity contribution >= 4 is 42.3 Å². The number of carboxylic acids is 2. The van der Waals surface area contributed by atoms with E-state index in [2.05, 4.69) is 28.6 Å². The van der Waals surface area contributed by atoms with Gasteiger partial charge in [0.2, 0.25) is 17.7 Å². The molecule has 1 aromatic carbocycles. The number of aliphatic hydroxyl groups is 1. The van der Waals surface area contributed by atoms with E-state index in [0.717, 1.165) is 0 Å². The van der Waals surface area contributed by atoms with Gasteiger partial charge >= 0.3 is 11.9 Å². The summed E-state index contributed by atoms with van der Waals surface area (Å²) in [5, 5.41) is 34.8. The molecule has 0 saturated heterocycles. The van der Waals surface area contributed by atoms with Gasteiger partial charge in [-0.1, -0.05) is 30.3 Å². The van der Waals surface area contributed by atoms with Crippen molar-refractivity contribution in [2.24, 2.45) is 5.73 Å². The van der Waals surface area contributed by atoms with E-state index in [-0.39, 0.29) is 12.2 Å². The predicted molar refractivity (Wildman–Crippen MR) is 119 cm³/mol. The number of carboxylic acid groups (broad SMARTS) is 2. The van der Waals surface area contributed by atoms with Gasteiger partial charge in [0.15, 0.2) is 0 Å². The molecule has 1 rings (SSSR count). The molecule has 0 aromatic heterocycles. The van der Waals surface area contributed by atoms with Crippen molar-refractivity contribution in [3.05, 3.63) is 35.9 Å². The van der Waals surface area contributed by atoms with Crippen LogP contribution in [-0.2, 0) is 30.4 Å². The Morgan fingerprint density at radius 2 is 1.52 bits per heavy atom. The maximum Gasteiger partial charge on any atom is 0.326 e. The largest absolute Gasteiger partial charge is 0.481 e. The molecule has 182 valence electrons. The monoisotopic (exact) mass is 484 g/mol. The third-order valence-corrected chi connectivity index (χ3v) is 4.87. The number of hydrogen-bond acceptors (Lipinski definition) is 8. The second kappa shape index (κ2) is 13.4. The normalized spacial score (nSPS) is 15.3. The van der Waals surface area contributed by atoms with Gasteiger partial charge in [-0.05, 0) is 12.5 Å². The van der Waals surface area contributed by atoms with Crippen LogP contribution in [0.4, 0.5) is 0 Å². The third kappa shape index (κ3) is 9.47. The lowest BCUT2D eigenvalue weighted by molar-refractivity contribution is -0.142. The Labute approximate surface area is 195 Å². The Morgan fingerprint density at radius 1 is 0.939 bits per heavy atom. The summed E-state index contributed by atoms with van der Waals surface area (Å²) in [5.41, 5.74) is 6.12. The number of thiol groups is 1. The van der Waals surface area contributed by atoms with E-state index in [1.54, 1.807) is 30.3 Å². The summed E-state index contributed by atoms with van der Waals surface area (Å²) in [4.78, 5) is 59.5. The number of nitrogens with one attached hydrogen (secondary N) is 3. The molecule has 12 nitrogen and oxygen atoms in total. The number of amides is 3. The lowest BCUT2D eigenvalue weighted by Gasteiger charge is -2.25. The van der Waals surface area contributed by atoms with Gasteiger partial charge < -0.3 is 37.0 Å². The van der Waals surface area contributed by atoms with Crippen molar-refractivity contribution in [1.29, 1.82) is 0 Å². The summed E-state index contributed by atoms with van der Waals surface area (Å²) in [5.74, 6) is -5.61. The van der Waals surface area contributed by atoms with Crippen molar-refractivity contribution in [2.45, 2.75) is 50.0 Å². The first-order valence-corrected chi connectivity index (χ1v) is 10.5. The quantitative estimate of drug-likeness (QED) is 0.144. The fraction of sp³-hybridized carbons (Fsp3) is 0.450. The second-order valence-electron chi connectivity index (χ2n) is 7.26. The average molecular weight is 485 g/mol. The number of aliphatic carboxylic acids is 2. The van der Waals surface area contributed by atoms with Crippen LogP contribution in [0.2, 0.25) is 0 Å². The minimum absolute atomic E-state index is 0.00295. The van der Waals surface area contributed by atoms with Gasteiger partial charge in [-0.3, -0.25) is 19.2 Å². The summed E-state index contributed by atoms with van der Waals surface area (Å²) in [6.45, 7) is 1.20. The zero-order chi connectivity index (χ0) is 25.1. The standard InChI is InChI=1S/C20H28N4O8S/c1-10(25)16(24-17(28)12(21)8-15(26)27)19(30)23-14(9-33)18(29)22-13(20(31)32)7-11-5-3-2-4-6-11/h2-6,10,12-14,16,25,33H,7-9,21H2,1H3,(H,22,29)(H,23,30)(H,24,28)(H,26,27)(H,31,32). The highest BCUT2D eigenvalue weighted by molar-refractivity contribution is 7.80. The highest BCUT2D eigenvalue weighted by Gasteiger charge is 2.32. The highest BCUT2D eigenvalue weighted by atomic mass is 32.1. The maximum absolute atomic E-state index is 12.6. The second-order valence-corrected chi connectivity index (χ2v) is 7.63. The molecule has 8 N–H and O–H groups in total. The Hall–Kier alpha value is -3.16. The number of carbonyl (C=O) groups is 5. The van der Waals surface area contributed by atoms with Gasteiger partial charge in [-0.25, -0.2) is 4.79 Å². The average Bonchev–Trinajstić information content (AvgIpc) is 2.74. The molecule has 0 radical (unpaired) electrons. The van der Waals surface area contributed by atoms with Crippen LogP contribution in [0, 0.1) is 0 Å². The minimum atomic E-state index is -1.55. The zero-order valence-electron chi connectivity index (χ0n) is 17.8. The fourth-order valence-corrected chi connectivity index (χ4v) is 2.98. The number of carbonyl (C=O) groups excluding carboxylic acids is 3. The molecule has 13 heteroatoms. The maximum atomic E-state index is 12.6. The van der Waals surface area contributed by atoms with Gasteiger partial charge in [0, 0.05) is 12.2 Å². The van der Waals surface area contributed by atoms with E-state index in [1.165, 1.54) is 6.92 Å². The molecule has 0 saturated carbocycles. The molecule has 33 heavy (non-hydrogen) atoms. The van der Waals surface area contributed by atoms with Crippen LogP contribution < -0.4 is 21.7 Å². The SMILES string of the molecule is CC(O)C(NC(=O)C(N)CC(=O)O)C(=O)NC(CS)C(=O)NC(Cc1ccccc1)C(=O)O. The van der Waals surface area contributed by atoms with E-state index < -0.39 is 66.4 Å². The number of hydrogen-bond donors (Lipinski definition) is 8. The Balaban J connectivity index is 2.84. The summed E-state index contributed by atoms with van der Waals surface area (Å²) >= 11 is 4.01. The Morgan fingerprint density at radius 3 is 2.00 bits per heavy atom. The lowest BCUT2D eigenvalue weighted by atomic mass is 10.1. The van der Waals surface area contributed by atoms with Crippen LogP contribution in [0.5, 0.6) is 0 Å². The van der Waals surface area contributed by atoms with Crippen molar-refractivity contribution in [1.82, 2.24) is 16.0 Å². The van der Waals surface area contributed by atoms with Crippen LogP contribution in [0.15, 0.2) is 30.3 Å². The molecule has 1 aromatic rings. The van der Waals surface area contributed by atoms with Gasteiger partial charge in [-0.2, -0.15) is 12.6 Å². The summed E-state index contributed by atoms with van der Waals surface area (Å²) < 4.78 is 0. The first kappa shape index (κ1) is 27.9. The molecule has 0 aliphatic rings. The van der Waals surface area contributed by atoms with E-state index in [9.17, 15) is 34.2 Å². The zero-order valence-corrected chi connectivity index (χ0v) is 18.7. The molecule has 0 aliphatic carbocycles. The van der Waals surface area contributed by atoms with Crippen molar-refractivity contribution in [2.75, 3.05) is 5.75 Å². The molecule has 0 spiro atoms. The molecular formula is C20H28N4O8S. The Kier molecular flexibility index (Phi) is 11.3. The molecule has 0 heterocycles. The van der Waals surface area contributed by atoms with E-state index in [0.29, 0.717) is 5.56 Å². The number of rotatable bonds is 13. The van der Waals surface area contributed by atoms with Crippen LogP contribution in [0.25, 0.3) is 0 Å². The van der Waals surface area contributed by atoms with E-state index in [1.807, 2.05) is 0 Å². The first-order valence-electron chi connectivity index (χ1n) is 9.90. The van der Waals surface area contributed by atoms with Gasteiger partial charge in [0.05, 0.1) is 18.6 Å². The molecule has 5 unspecified atom stereocenters. The highest BCUT2D eigenvalue weighted by Crippen LogP contribution is 2.05. The van der Waals surface area contributed by atoms with Crippen LogP contribution >= 0.6 is 12.6 Å². The summed E-state index contributed by atoms with van der Waals surface area (Å²) in [7, 11) is 0. The topological polar surface area (TPSA) is 208 Å². The summed E-state index contributed by atoms with van der Waals surface area (Å²) in [6, 6.07) is 3.03. The van der Waals surface area contributed by atoms with Crippen LogP contribution in [0.1, 0.15) is 18.9 Å². The van der Waals surface area contributed by atoms with Crippen molar-refractivity contribution in [3.8, 4) is 0 Å². The Bertz CT molecular complexity index is 852. The number of aliphatic hydroxyl groups excluding tert-OH is 1. The third-order valence-electron chi connectivity index (χ3n) is 4.51. The number of nitrogens with two attached hydrogens (primary N) is 1. The summed E-state index contributed by atoms with van der Waals surface area (Å²) in [6.07, 6.45) is -2.11. The molecule has 0 aliphatic heterocycles. The van der Waals surface area contributed by atoms with Crippen LogP contribution in [0.3, 0.4) is 0 Å². The molecule has 3 amide bonds. The molecule has 0 bridgehead atoms. The number of benzene rings is 1. The van der Waals surface area contributed by atoms with Gasteiger partial charge in [0.1, 0.15) is 18.1 Å². The first-order chi connectivity index (χ1) is 15.5. The predicted octanol–water partition coefficient (Wildman–Crippen LogP) is -2.12. The van der Waals surface area contributed by atoms with Gasteiger partial charge in [0.25, 0.3) is 0 Å². The van der Waals surface area contributed by atoms with Gasteiger partial charge in [-0.15, -0.1) is 0 Å². The molecule has 0 fully saturated rings. The van der Waals surface area contributed by atoms with Crippen molar-refractivity contribution in [3.63, 3.8) is 0 Å². The minimum Gasteiger partial charge on any atom is -0.481 e. The lowest BCUT2D eigenvalue weighted by Crippen LogP contribution is -2.60. The van der Waals surface area contributed by atoms with E-state index in [4.69, 9.17) is 10.8 Å².